The van der Waals surface area contributed by atoms with Gasteiger partial charge in [0.05, 0.1) is 0 Å². The summed E-state index contributed by atoms with van der Waals surface area (Å²) in [6.45, 7) is 0. The zero-order chi connectivity index (χ0) is 9.14. The van der Waals surface area contributed by atoms with E-state index >= 15 is 0 Å². The van der Waals surface area contributed by atoms with Gasteiger partial charge in [0.2, 0.25) is 0 Å². The van der Waals surface area contributed by atoms with Crippen molar-refractivity contribution >= 4 is 17.5 Å². The fourth-order valence-corrected chi connectivity index (χ4v) is 0.920. The van der Waals surface area contributed by atoms with Crippen LogP contribution < -0.4 is 0 Å². The summed E-state index contributed by atoms with van der Waals surface area (Å²) in [7, 11) is 3.34. The lowest BCUT2D eigenvalue weighted by Crippen LogP contribution is -2.22. The number of nitrogens with zero attached hydrogens (tertiary/aromatic N) is 2. The van der Waals surface area contributed by atoms with E-state index in [9.17, 15) is 4.79 Å². The summed E-state index contributed by atoms with van der Waals surface area (Å²) in [4.78, 5) is 16.6. The van der Waals surface area contributed by atoms with Gasteiger partial charge < -0.3 is 4.90 Å². The van der Waals surface area contributed by atoms with Crippen LogP contribution in [-0.2, 0) is 0 Å². The topological polar surface area (TPSA) is 33.2 Å². The number of pyridine rings is 1. The molecule has 1 amide bonds. The van der Waals surface area contributed by atoms with E-state index in [1.165, 1.54) is 4.90 Å². The van der Waals surface area contributed by atoms with E-state index in [1.807, 2.05) is 0 Å². The molecule has 0 aliphatic rings. The van der Waals surface area contributed by atoms with Gasteiger partial charge in [-0.3, -0.25) is 4.79 Å². The maximum absolute atomic E-state index is 11.3. The third-order valence-electron chi connectivity index (χ3n) is 1.34. The van der Waals surface area contributed by atoms with Gasteiger partial charge in [0.15, 0.2) is 0 Å². The predicted molar refractivity (Wildman–Crippen MR) is 47.3 cm³/mol. The molecule has 4 heteroatoms. The van der Waals surface area contributed by atoms with Crippen LogP contribution in [0.2, 0.25) is 5.15 Å². The van der Waals surface area contributed by atoms with Crippen molar-refractivity contribution in [2.24, 2.45) is 0 Å². The van der Waals surface area contributed by atoms with Crippen LogP contribution in [0.5, 0.6) is 0 Å². The molecule has 0 aliphatic heterocycles. The van der Waals surface area contributed by atoms with E-state index in [-0.39, 0.29) is 5.91 Å². The van der Waals surface area contributed by atoms with Gasteiger partial charge in [-0.05, 0) is 12.1 Å². The maximum atomic E-state index is 11.3. The van der Waals surface area contributed by atoms with Gasteiger partial charge in [-0.1, -0.05) is 17.7 Å². The summed E-state index contributed by atoms with van der Waals surface area (Å²) in [6, 6.07) is 4.97. The Morgan fingerprint density at radius 3 is 2.67 bits per heavy atom. The molecule has 0 spiro atoms. The molecule has 0 bridgehead atoms. The van der Waals surface area contributed by atoms with Crippen LogP contribution in [0.15, 0.2) is 18.2 Å². The largest absolute Gasteiger partial charge is 0.343 e. The van der Waals surface area contributed by atoms with E-state index in [2.05, 4.69) is 4.98 Å². The molecule has 1 aromatic heterocycles. The fourth-order valence-electron chi connectivity index (χ4n) is 0.756. The molecule has 3 nitrogen and oxygen atoms in total. The lowest BCUT2D eigenvalue weighted by Gasteiger charge is -2.08. The van der Waals surface area contributed by atoms with Crippen molar-refractivity contribution in [3.63, 3.8) is 0 Å². The van der Waals surface area contributed by atoms with Crippen LogP contribution in [0, 0.1) is 0 Å². The Balaban J connectivity index is 2.96. The van der Waals surface area contributed by atoms with Crippen molar-refractivity contribution in [1.29, 1.82) is 0 Å². The van der Waals surface area contributed by atoms with Gasteiger partial charge in [-0.2, -0.15) is 0 Å². The average molecular weight is 185 g/mol. The quantitative estimate of drug-likeness (QED) is 0.619. The van der Waals surface area contributed by atoms with Gasteiger partial charge in [-0.25, -0.2) is 4.98 Å². The van der Waals surface area contributed by atoms with Crippen LogP contribution >= 0.6 is 11.6 Å². The molecule has 0 atom stereocenters. The summed E-state index contributed by atoms with van der Waals surface area (Å²) in [6.07, 6.45) is 0. The van der Waals surface area contributed by atoms with Gasteiger partial charge in [0.1, 0.15) is 10.8 Å². The van der Waals surface area contributed by atoms with Crippen molar-refractivity contribution in [1.82, 2.24) is 9.88 Å². The molecular formula is C8H9ClN2O. The number of aromatic nitrogens is 1. The van der Waals surface area contributed by atoms with Gasteiger partial charge >= 0.3 is 0 Å². The highest BCUT2D eigenvalue weighted by Crippen LogP contribution is 2.05. The van der Waals surface area contributed by atoms with Crippen LogP contribution in [0.3, 0.4) is 0 Å². The highest BCUT2D eigenvalue weighted by molar-refractivity contribution is 6.29. The van der Waals surface area contributed by atoms with E-state index in [1.54, 1.807) is 32.3 Å². The van der Waals surface area contributed by atoms with E-state index in [0.717, 1.165) is 0 Å². The Kier molecular flexibility index (Phi) is 2.65. The van der Waals surface area contributed by atoms with Gasteiger partial charge in [0.25, 0.3) is 5.91 Å². The molecular weight excluding hydrogens is 176 g/mol. The number of hydrogen-bond acceptors (Lipinski definition) is 2. The molecule has 0 unspecified atom stereocenters. The zero-order valence-electron chi connectivity index (χ0n) is 6.91. The molecule has 0 fully saturated rings. The molecule has 1 heterocycles. The molecule has 64 valence electrons. The van der Waals surface area contributed by atoms with Crippen LogP contribution in [0.4, 0.5) is 0 Å². The second kappa shape index (κ2) is 3.54. The Morgan fingerprint density at radius 1 is 1.50 bits per heavy atom. The van der Waals surface area contributed by atoms with Crippen molar-refractivity contribution < 1.29 is 4.79 Å². The first-order valence-electron chi connectivity index (χ1n) is 3.45. The monoisotopic (exact) mass is 184 g/mol. The summed E-state index contributed by atoms with van der Waals surface area (Å²) in [5.74, 6) is -0.141. The van der Waals surface area contributed by atoms with Crippen LogP contribution in [0.1, 0.15) is 10.5 Å². The Bertz CT molecular complexity index is 299. The second-order valence-corrected chi connectivity index (χ2v) is 2.93. The van der Waals surface area contributed by atoms with Gasteiger partial charge in [0, 0.05) is 14.1 Å². The Hall–Kier alpha value is -1.09. The Morgan fingerprint density at radius 2 is 2.17 bits per heavy atom. The molecule has 0 aliphatic carbocycles. The van der Waals surface area contributed by atoms with E-state index < -0.39 is 0 Å². The number of halogens is 1. The molecule has 0 saturated heterocycles. The van der Waals surface area contributed by atoms with Crippen LogP contribution in [0.25, 0.3) is 0 Å². The highest BCUT2D eigenvalue weighted by atomic mass is 35.5. The first kappa shape index (κ1) is 9.00. The molecule has 0 radical (unpaired) electrons. The molecule has 12 heavy (non-hydrogen) atoms. The summed E-state index contributed by atoms with van der Waals surface area (Å²) in [5.41, 5.74) is 0.368. The number of carbonyl (C=O) groups is 1. The third kappa shape index (κ3) is 1.95. The first-order valence-corrected chi connectivity index (χ1v) is 3.83. The number of carbonyl (C=O) groups excluding carboxylic acids is 1. The molecule has 0 aromatic carbocycles. The zero-order valence-corrected chi connectivity index (χ0v) is 7.67. The summed E-state index contributed by atoms with van der Waals surface area (Å²) in [5, 5.41) is 0.336. The minimum absolute atomic E-state index is 0.141. The average Bonchev–Trinajstić information content (AvgIpc) is 2.03. The van der Waals surface area contributed by atoms with Gasteiger partial charge in [-0.15, -0.1) is 0 Å². The van der Waals surface area contributed by atoms with E-state index in [0.29, 0.717) is 10.8 Å². The molecule has 0 saturated carbocycles. The van der Waals surface area contributed by atoms with Crippen molar-refractivity contribution in [3.8, 4) is 0 Å². The smallest absolute Gasteiger partial charge is 0.271 e. The number of rotatable bonds is 1. The molecule has 0 N–H and O–H groups in total. The summed E-state index contributed by atoms with van der Waals surface area (Å²) < 4.78 is 0. The lowest BCUT2D eigenvalue weighted by molar-refractivity contribution is 0.0822. The minimum atomic E-state index is -0.141. The van der Waals surface area contributed by atoms with Crippen molar-refractivity contribution in [2.75, 3.05) is 14.1 Å². The molecule has 1 rings (SSSR count). The van der Waals surface area contributed by atoms with Crippen LogP contribution in [-0.4, -0.2) is 29.9 Å². The number of hydrogen-bond donors (Lipinski definition) is 0. The standard InChI is InChI=1S/C8H9ClN2O/c1-11(2)8(12)6-4-3-5-7(9)10-6/h3-5H,1-2H3. The first-order chi connectivity index (χ1) is 5.61. The minimum Gasteiger partial charge on any atom is -0.343 e. The van der Waals surface area contributed by atoms with E-state index in [4.69, 9.17) is 11.6 Å². The normalized spacial score (nSPS) is 9.58. The SMILES string of the molecule is CN(C)C(=O)c1cccc(Cl)n1. The number of amides is 1. The summed E-state index contributed by atoms with van der Waals surface area (Å²) >= 11 is 5.61. The Labute approximate surface area is 76.0 Å². The maximum Gasteiger partial charge on any atom is 0.271 e. The highest BCUT2D eigenvalue weighted by Gasteiger charge is 2.08. The third-order valence-corrected chi connectivity index (χ3v) is 1.55. The second-order valence-electron chi connectivity index (χ2n) is 2.55. The fraction of sp³-hybridized carbons (Fsp3) is 0.250. The molecule has 1 aromatic rings. The predicted octanol–water partition coefficient (Wildman–Crippen LogP) is 1.44. The lowest BCUT2D eigenvalue weighted by atomic mass is 10.3. The van der Waals surface area contributed by atoms with Crippen molar-refractivity contribution in [3.05, 3.63) is 29.0 Å². The van der Waals surface area contributed by atoms with Crippen molar-refractivity contribution in [2.45, 2.75) is 0 Å².